The molecule has 2 heterocycles. The van der Waals surface area contributed by atoms with Crippen molar-refractivity contribution < 1.29 is 22.8 Å². The van der Waals surface area contributed by atoms with E-state index in [-0.39, 0.29) is 28.9 Å². The van der Waals surface area contributed by atoms with E-state index in [1.54, 1.807) is 0 Å². The number of carbonyl (C=O) groups is 2. The van der Waals surface area contributed by atoms with Crippen molar-refractivity contribution in [2.75, 3.05) is 5.32 Å². The first-order valence-electron chi connectivity index (χ1n) is 8.73. The van der Waals surface area contributed by atoms with Crippen molar-refractivity contribution in [3.63, 3.8) is 0 Å². The van der Waals surface area contributed by atoms with Crippen LogP contribution in [-0.2, 0) is 9.59 Å². The van der Waals surface area contributed by atoms with E-state index in [0.29, 0.717) is 10.9 Å². The van der Waals surface area contributed by atoms with Crippen LogP contribution in [-0.4, -0.2) is 22.0 Å². The van der Waals surface area contributed by atoms with Crippen molar-refractivity contribution in [1.82, 2.24) is 15.5 Å². The molecule has 0 fully saturated rings. The number of anilines is 1. The average molecular weight is 400 g/mol. The highest BCUT2D eigenvalue weighted by Crippen LogP contribution is 2.35. The minimum Gasteiger partial charge on any atom is -0.330 e. The molecule has 29 heavy (non-hydrogen) atoms. The second kappa shape index (κ2) is 7.08. The van der Waals surface area contributed by atoms with Crippen molar-refractivity contribution in [2.45, 2.75) is 19.3 Å². The van der Waals surface area contributed by atoms with Gasteiger partial charge in [-0.3, -0.25) is 14.7 Å². The summed E-state index contributed by atoms with van der Waals surface area (Å²) in [5.41, 5.74) is 0.466. The largest absolute Gasteiger partial charge is 0.330 e. The van der Waals surface area contributed by atoms with Gasteiger partial charge in [-0.25, -0.2) is 13.2 Å². The Morgan fingerprint density at radius 1 is 1.21 bits per heavy atom. The zero-order valence-electron chi connectivity index (χ0n) is 15.1. The number of carbonyl (C=O) groups excluding carboxylic acids is 2. The predicted octanol–water partition coefficient (Wildman–Crippen LogP) is 3.50. The van der Waals surface area contributed by atoms with Crippen molar-refractivity contribution in [3.8, 4) is 0 Å². The van der Waals surface area contributed by atoms with Gasteiger partial charge in [0.05, 0.1) is 17.4 Å². The molecule has 0 bridgehead atoms. The van der Waals surface area contributed by atoms with Gasteiger partial charge in [0.15, 0.2) is 11.6 Å². The minimum absolute atomic E-state index is 0.0285. The summed E-state index contributed by atoms with van der Waals surface area (Å²) < 4.78 is 42.5. The van der Waals surface area contributed by atoms with Gasteiger partial charge in [-0.2, -0.15) is 5.10 Å². The highest BCUT2D eigenvalue weighted by Gasteiger charge is 2.34. The van der Waals surface area contributed by atoms with Crippen LogP contribution in [0.25, 0.3) is 10.9 Å². The Kier molecular flexibility index (Phi) is 4.57. The van der Waals surface area contributed by atoms with E-state index in [1.165, 1.54) is 37.4 Å². The van der Waals surface area contributed by atoms with Crippen molar-refractivity contribution in [2.24, 2.45) is 0 Å². The van der Waals surface area contributed by atoms with Crippen molar-refractivity contribution in [1.29, 1.82) is 0 Å². The molecular weight excluding hydrogens is 385 g/mol. The first-order chi connectivity index (χ1) is 13.8. The maximum Gasteiger partial charge on any atom is 0.254 e. The smallest absolute Gasteiger partial charge is 0.254 e. The lowest BCUT2D eigenvalue weighted by Gasteiger charge is -2.27. The van der Waals surface area contributed by atoms with E-state index in [4.69, 9.17) is 0 Å². The topological polar surface area (TPSA) is 86.9 Å². The molecule has 0 radical (unpaired) electrons. The van der Waals surface area contributed by atoms with Crippen molar-refractivity contribution >= 4 is 28.4 Å². The normalized spacial score (nSPS) is 16.8. The molecule has 6 nitrogen and oxygen atoms in total. The summed E-state index contributed by atoms with van der Waals surface area (Å²) in [4.78, 5) is 25.0. The molecule has 2 aromatic carbocycles. The number of nitrogens with zero attached hydrogens (tertiary/aromatic N) is 1. The fourth-order valence-electron chi connectivity index (χ4n) is 3.51. The minimum atomic E-state index is -1.13. The Hall–Kier alpha value is -3.62. The first kappa shape index (κ1) is 18.7. The molecule has 1 atom stereocenters. The Labute approximate surface area is 162 Å². The molecule has 2 amide bonds. The SMILES string of the molecule is CC1=C(C(=O)Nc2cc3cn[nH]c3cc2F)C(c2cccc(F)c2F)CC(=O)N1. The summed E-state index contributed by atoms with van der Waals surface area (Å²) >= 11 is 0. The fraction of sp³-hybridized carbons (Fsp3) is 0.150. The van der Waals surface area contributed by atoms with E-state index >= 15 is 0 Å². The van der Waals surface area contributed by atoms with Crippen LogP contribution in [0.5, 0.6) is 0 Å². The lowest BCUT2D eigenvalue weighted by Crippen LogP contribution is -2.35. The van der Waals surface area contributed by atoms with Crippen LogP contribution in [0.1, 0.15) is 24.8 Å². The number of H-pyrrole nitrogens is 1. The number of amides is 2. The van der Waals surface area contributed by atoms with Gasteiger partial charge >= 0.3 is 0 Å². The van der Waals surface area contributed by atoms with Gasteiger partial charge in [-0.1, -0.05) is 12.1 Å². The van der Waals surface area contributed by atoms with Crippen LogP contribution in [0.15, 0.2) is 47.8 Å². The van der Waals surface area contributed by atoms with Crippen LogP contribution < -0.4 is 10.6 Å². The van der Waals surface area contributed by atoms with Gasteiger partial charge < -0.3 is 10.6 Å². The number of rotatable bonds is 3. The van der Waals surface area contributed by atoms with E-state index < -0.39 is 35.2 Å². The van der Waals surface area contributed by atoms with E-state index in [9.17, 15) is 22.8 Å². The Morgan fingerprint density at radius 2 is 2.00 bits per heavy atom. The average Bonchev–Trinajstić information content (AvgIpc) is 3.10. The van der Waals surface area contributed by atoms with Crippen LogP contribution in [0.2, 0.25) is 0 Å². The van der Waals surface area contributed by atoms with Gasteiger partial charge in [0, 0.05) is 35.1 Å². The Bertz CT molecular complexity index is 1190. The highest BCUT2D eigenvalue weighted by molar-refractivity contribution is 6.07. The Morgan fingerprint density at radius 3 is 2.79 bits per heavy atom. The third-order valence-corrected chi connectivity index (χ3v) is 4.85. The number of benzene rings is 2. The molecule has 148 valence electrons. The fourth-order valence-corrected chi connectivity index (χ4v) is 3.51. The third kappa shape index (κ3) is 3.35. The van der Waals surface area contributed by atoms with Crippen LogP contribution >= 0.6 is 0 Å². The number of aromatic amines is 1. The summed E-state index contributed by atoms with van der Waals surface area (Å²) in [5.74, 6) is -5.07. The molecule has 0 aliphatic carbocycles. The third-order valence-electron chi connectivity index (χ3n) is 4.85. The zero-order chi connectivity index (χ0) is 20.7. The number of hydrogen-bond donors (Lipinski definition) is 3. The highest BCUT2D eigenvalue weighted by atomic mass is 19.2. The number of aromatic nitrogens is 2. The maximum atomic E-state index is 14.4. The summed E-state index contributed by atoms with van der Waals surface area (Å²) in [6.45, 7) is 1.48. The lowest BCUT2D eigenvalue weighted by atomic mass is 9.83. The number of fused-ring (bicyclic) bond motifs is 1. The van der Waals surface area contributed by atoms with Gasteiger partial charge in [0.1, 0.15) is 5.82 Å². The lowest BCUT2D eigenvalue weighted by molar-refractivity contribution is -0.121. The number of hydrogen-bond acceptors (Lipinski definition) is 3. The number of halogens is 3. The van der Waals surface area contributed by atoms with Crippen molar-refractivity contribution in [3.05, 3.63) is 70.8 Å². The molecule has 1 aliphatic heterocycles. The maximum absolute atomic E-state index is 14.4. The standard InChI is InChI=1S/C20H15F3N4O2/c1-9-18(12(6-17(28)25-9)11-3-2-4-13(21)19(11)23)20(29)26-16-5-10-8-24-27-15(10)7-14(16)22/h2-5,7-8,12H,6H2,1H3,(H,24,27)(H,25,28)(H,26,29). The quantitative estimate of drug-likeness (QED) is 0.629. The number of allylic oxidation sites excluding steroid dienone is 1. The van der Waals surface area contributed by atoms with Gasteiger partial charge in [0.2, 0.25) is 5.91 Å². The van der Waals surface area contributed by atoms with Crippen LogP contribution in [0.3, 0.4) is 0 Å². The van der Waals surface area contributed by atoms with E-state index in [1.807, 2.05) is 0 Å². The molecule has 9 heteroatoms. The second-order valence-electron chi connectivity index (χ2n) is 6.73. The van der Waals surface area contributed by atoms with Crippen LogP contribution in [0, 0.1) is 17.5 Å². The molecule has 3 aromatic rings. The van der Waals surface area contributed by atoms with Gasteiger partial charge in [-0.05, 0) is 24.6 Å². The monoisotopic (exact) mass is 400 g/mol. The summed E-state index contributed by atoms with van der Waals surface area (Å²) in [6, 6.07) is 6.16. The molecule has 4 rings (SSSR count). The van der Waals surface area contributed by atoms with Crippen LogP contribution in [0.4, 0.5) is 18.9 Å². The number of nitrogens with one attached hydrogen (secondary N) is 3. The molecule has 0 saturated carbocycles. The van der Waals surface area contributed by atoms with Gasteiger partial charge in [0.25, 0.3) is 5.91 Å². The molecule has 0 saturated heterocycles. The summed E-state index contributed by atoms with van der Waals surface area (Å²) in [7, 11) is 0. The summed E-state index contributed by atoms with van der Waals surface area (Å²) in [6.07, 6.45) is 1.23. The molecular formula is C20H15F3N4O2. The molecule has 1 aromatic heterocycles. The molecule has 0 spiro atoms. The zero-order valence-corrected chi connectivity index (χ0v) is 15.1. The van der Waals surface area contributed by atoms with Gasteiger partial charge in [-0.15, -0.1) is 0 Å². The predicted molar refractivity (Wildman–Crippen MR) is 99.2 cm³/mol. The Balaban J connectivity index is 1.73. The van der Waals surface area contributed by atoms with E-state index in [2.05, 4.69) is 20.8 Å². The molecule has 1 unspecified atom stereocenters. The second-order valence-corrected chi connectivity index (χ2v) is 6.73. The molecule has 1 aliphatic rings. The first-order valence-corrected chi connectivity index (χ1v) is 8.73. The summed E-state index contributed by atoms with van der Waals surface area (Å²) in [5, 5.41) is 12.0. The van der Waals surface area contributed by atoms with E-state index in [0.717, 1.165) is 6.07 Å². The molecule has 3 N–H and O–H groups in total.